The average molecular weight is 283 g/mol. The van der Waals surface area contributed by atoms with Crippen molar-refractivity contribution in [3.8, 4) is 0 Å². The molecule has 5 heteroatoms. The Balaban J connectivity index is 1.96. The fraction of sp³-hybridized carbons (Fsp3) is 0.867. The van der Waals surface area contributed by atoms with Crippen LogP contribution in [0, 0.1) is 0 Å². The molecule has 0 spiro atoms. The summed E-state index contributed by atoms with van der Waals surface area (Å²) in [5, 5.41) is 12.1. The van der Waals surface area contributed by atoms with E-state index in [9.17, 15) is 9.59 Å². The largest absolute Gasteiger partial charge is 0.481 e. The molecule has 5 nitrogen and oxygen atoms in total. The zero-order valence-corrected chi connectivity index (χ0v) is 12.2. The second-order valence-corrected chi connectivity index (χ2v) is 6.38. The summed E-state index contributed by atoms with van der Waals surface area (Å²) in [5.74, 6) is -0.896. The van der Waals surface area contributed by atoms with Crippen LogP contribution in [0.15, 0.2) is 0 Å². The molecule has 0 atom stereocenters. The minimum Gasteiger partial charge on any atom is -0.481 e. The van der Waals surface area contributed by atoms with E-state index in [-0.39, 0.29) is 17.9 Å². The molecule has 114 valence electrons. The van der Waals surface area contributed by atoms with Crippen LogP contribution in [-0.2, 0) is 14.3 Å². The van der Waals surface area contributed by atoms with Gasteiger partial charge in [-0.05, 0) is 32.1 Å². The normalized spacial score (nSPS) is 23.6. The van der Waals surface area contributed by atoms with Crippen molar-refractivity contribution in [2.45, 2.75) is 75.3 Å². The highest BCUT2D eigenvalue weighted by atomic mass is 16.5. The lowest BCUT2D eigenvalue weighted by atomic mass is 9.76. The van der Waals surface area contributed by atoms with E-state index in [2.05, 4.69) is 5.32 Å². The van der Waals surface area contributed by atoms with Gasteiger partial charge in [-0.15, -0.1) is 0 Å². The van der Waals surface area contributed by atoms with E-state index >= 15 is 0 Å². The van der Waals surface area contributed by atoms with Gasteiger partial charge in [-0.3, -0.25) is 9.59 Å². The van der Waals surface area contributed by atoms with Crippen LogP contribution in [0.1, 0.15) is 64.2 Å². The van der Waals surface area contributed by atoms with Gasteiger partial charge in [0.2, 0.25) is 5.91 Å². The fourth-order valence-corrected chi connectivity index (χ4v) is 3.52. The number of ether oxygens (including phenoxy) is 1. The van der Waals surface area contributed by atoms with Crippen molar-refractivity contribution in [1.29, 1.82) is 0 Å². The molecule has 0 aromatic carbocycles. The zero-order chi connectivity index (χ0) is 14.6. The number of hydrogen-bond acceptors (Lipinski definition) is 3. The van der Waals surface area contributed by atoms with Crippen molar-refractivity contribution in [2.75, 3.05) is 7.11 Å². The molecule has 0 aromatic rings. The summed E-state index contributed by atoms with van der Waals surface area (Å²) in [6.07, 6.45) is 7.96. The smallest absolute Gasteiger partial charge is 0.305 e. The molecule has 2 N–H and O–H groups in total. The molecule has 0 heterocycles. The number of nitrogens with one attached hydrogen (secondary N) is 1. The lowest BCUT2D eigenvalue weighted by Gasteiger charge is -2.42. The molecular weight excluding hydrogens is 258 g/mol. The van der Waals surface area contributed by atoms with Gasteiger partial charge in [0.1, 0.15) is 0 Å². The Morgan fingerprint density at radius 1 is 1.05 bits per heavy atom. The summed E-state index contributed by atoms with van der Waals surface area (Å²) in [6.45, 7) is 0. The average Bonchev–Trinajstić information content (AvgIpc) is 2.33. The number of amides is 1. The van der Waals surface area contributed by atoms with Crippen LogP contribution in [0.25, 0.3) is 0 Å². The first-order valence-electron chi connectivity index (χ1n) is 7.57. The monoisotopic (exact) mass is 283 g/mol. The van der Waals surface area contributed by atoms with Crippen LogP contribution in [0.4, 0.5) is 0 Å². The van der Waals surface area contributed by atoms with Crippen molar-refractivity contribution < 1.29 is 19.4 Å². The van der Waals surface area contributed by atoms with Crippen molar-refractivity contribution in [1.82, 2.24) is 5.32 Å². The summed E-state index contributed by atoms with van der Waals surface area (Å²) in [4.78, 5) is 23.4. The Morgan fingerprint density at radius 2 is 1.70 bits per heavy atom. The van der Waals surface area contributed by atoms with Crippen LogP contribution in [0.5, 0.6) is 0 Å². The van der Waals surface area contributed by atoms with Crippen LogP contribution in [0.3, 0.4) is 0 Å². The third kappa shape index (κ3) is 3.51. The summed E-state index contributed by atoms with van der Waals surface area (Å²) >= 11 is 0. The van der Waals surface area contributed by atoms with E-state index in [0.29, 0.717) is 6.42 Å². The van der Waals surface area contributed by atoms with Crippen LogP contribution < -0.4 is 5.32 Å². The maximum Gasteiger partial charge on any atom is 0.305 e. The lowest BCUT2D eigenvalue weighted by molar-refractivity contribution is -0.141. The topological polar surface area (TPSA) is 75.6 Å². The van der Waals surface area contributed by atoms with Gasteiger partial charge in [0.15, 0.2) is 0 Å². The molecule has 0 aromatic heterocycles. The molecule has 2 fully saturated rings. The van der Waals surface area contributed by atoms with E-state index in [1.165, 1.54) is 0 Å². The predicted molar refractivity (Wildman–Crippen MR) is 74.4 cm³/mol. The maximum absolute atomic E-state index is 12.3. The SMILES string of the molecule is COC1(CC(=O)NC2(CC(=O)O)CCCCC2)CCC1. The molecule has 0 bridgehead atoms. The fourth-order valence-electron chi connectivity index (χ4n) is 3.52. The number of hydrogen-bond donors (Lipinski definition) is 2. The first kappa shape index (κ1) is 15.3. The number of carboxylic acids is 1. The highest BCUT2D eigenvalue weighted by Gasteiger charge is 2.42. The predicted octanol–water partition coefficient (Wildman–Crippen LogP) is 2.24. The van der Waals surface area contributed by atoms with Gasteiger partial charge in [-0.2, -0.15) is 0 Å². The molecule has 2 saturated carbocycles. The van der Waals surface area contributed by atoms with Gasteiger partial charge in [0, 0.05) is 7.11 Å². The third-order valence-electron chi connectivity index (χ3n) is 4.89. The minimum absolute atomic E-state index is 0.0265. The Bertz CT molecular complexity index is 365. The molecule has 2 aliphatic rings. The van der Waals surface area contributed by atoms with E-state index in [4.69, 9.17) is 9.84 Å². The number of carbonyl (C=O) groups excluding carboxylic acids is 1. The summed E-state index contributed by atoms with van der Waals surface area (Å²) in [7, 11) is 1.65. The second-order valence-electron chi connectivity index (χ2n) is 6.38. The van der Waals surface area contributed by atoms with Gasteiger partial charge >= 0.3 is 5.97 Å². The Hall–Kier alpha value is -1.10. The zero-order valence-electron chi connectivity index (χ0n) is 12.2. The van der Waals surface area contributed by atoms with Crippen molar-refractivity contribution >= 4 is 11.9 Å². The van der Waals surface area contributed by atoms with E-state index in [0.717, 1.165) is 51.4 Å². The van der Waals surface area contributed by atoms with Crippen LogP contribution in [0.2, 0.25) is 0 Å². The first-order chi connectivity index (χ1) is 9.49. The standard InChI is InChI=1S/C15H25NO4/c1-20-15(8-5-9-15)10-12(17)16-14(11-13(18)19)6-3-2-4-7-14/h2-11H2,1H3,(H,16,17)(H,18,19). The third-order valence-corrected chi connectivity index (χ3v) is 4.89. The second kappa shape index (κ2) is 6.12. The van der Waals surface area contributed by atoms with Gasteiger partial charge in [-0.25, -0.2) is 0 Å². The minimum atomic E-state index is -0.836. The Labute approximate surface area is 120 Å². The molecule has 0 saturated heterocycles. The summed E-state index contributed by atoms with van der Waals surface area (Å²) in [6, 6.07) is 0. The Morgan fingerprint density at radius 3 is 2.15 bits per heavy atom. The molecule has 1 amide bonds. The molecule has 2 rings (SSSR count). The number of carbonyl (C=O) groups is 2. The summed E-state index contributed by atoms with van der Waals surface area (Å²) < 4.78 is 5.47. The van der Waals surface area contributed by atoms with Gasteiger partial charge < -0.3 is 15.2 Å². The number of carboxylic acid groups (broad SMARTS) is 1. The van der Waals surface area contributed by atoms with Crippen LogP contribution >= 0.6 is 0 Å². The Kier molecular flexibility index (Phi) is 4.68. The number of methoxy groups -OCH3 is 1. The first-order valence-corrected chi connectivity index (χ1v) is 7.57. The highest BCUT2D eigenvalue weighted by molar-refractivity contribution is 5.79. The van der Waals surface area contributed by atoms with Crippen molar-refractivity contribution in [3.05, 3.63) is 0 Å². The highest BCUT2D eigenvalue weighted by Crippen LogP contribution is 2.38. The van der Waals surface area contributed by atoms with Crippen LogP contribution in [-0.4, -0.2) is 35.2 Å². The van der Waals surface area contributed by atoms with E-state index in [1.807, 2.05) is 0 Å². The van der Waals surface area contributed by atoms with E-state index in [1.54, 1.807) is 7.11 Å². The van der Waals surface area contributed by atoms with Gasteiger partial charge in [-0.1, -0.05) is 19.3 Å². The van der Waals surface area contributed by atoms with Gasteiger partial charge in [0.25, 0.3) is 0 Å². The maximum atomic E-state index is 12.3. The molecule has 0 unspecified atom stereocenters. The number of aliphatic carboxylic acids is 1. The quantitative estimate of drug-likeness (QED) is 0.784. The molecule has 0 aliphatic heterocycles. The van der Waals surface area contributed by atoms with E-state index < -0.39 is 11.5 Å². The number of rotatable bonds is 6. The lowest BCUT2D eigenvalue weighted by Crippen LogP contribution is -2.53. The van der Waals surface area contributed by atoms with Gasteiger partial charge in [0.05, 0.1) is 24.0 Å². The van der Waals surface area contributed by atoms with Crippen molar-refractivity contribution in [3.63, 3.8) is 0 Å². The molecular formula is C15H25NO4. The molecule has 0 radical (unpaired) electrons. The molecule has 2 aliphatic carbocycles. The molecule has 20 heavy (non-hydrogen) atoms. The summed E-state index contributed by atoms with van der Waals surface area (Å²) in [5.41, 5.74) is -0.844. The van der Waals surface area contributed by atoms with Crippen molar-refractivity contribution in [2.24, 2.45) is 0 Å².